The van der Waals surface area contributed by atoms with Crippen LogP contribution in [-0.2, 0) is 0 Å². The Morgan fingerprint density at radius 1 is 1.36 bits per heavy atom. The monoisotopic (exact) mass is 211 g/mol. The molecule has 1 aliphatic rings. The zero-order valence-corrected chi connectivity index (χ0v) is 9.72. The molecule has 0 aromatic carbocycles. The van der Waals surface area contributed by atoms with E-state index < -0.39 is 0 Å². The molecule has 1 heterocycles. The number of rotatable bonds is 1. The highest BCUT2D eigenvalue weighted by atomic mass is 35.5. The molecule has 14 heavy (non-hydrogen) atoms. The van der Waals surface area contributed by atoms with Crippen molar-refractivity contribution < 1.29 is 0 Å². The van der Waals surface area contributed by atoms with Crippen LogP contribution >= 0.6 is 11.6 Å². The largest absolute Gasteiger partial charge is 0.336 e. The maximum absolute atomic E-state index is 6.11. The van der Waals surface area contributed by atoms with Gasteiger partial charge in [-0.3, -0.25) is 0 Å². The summed E-state index contributed by atoms with van der Waals surface area (Å²) in [7, 11) is 0. The van der Waals surface area contributed by atoms with Crippen LogP contribution in [-0.4, -0.2) is 4.57 Å². The van der Waals surface area contributed by atoms with Gasteiger partial charge in [-0.1, -0.05) is 25.4 Å². The molecule has 0 bridgehead atoms. The van der Waals surface area contributed by atoms with Crippen molar-refractivity contribution >= 4 is 11.6 Å². The molecule has 0 atom stereocenters. The summed E-state index contributed by atoms with van der Waals surface area (Å²) >= 11 is 6.11. The van der Waals surface area contributed by atoms with Crippen LogP contribution in [0.1, 0.15) is 45.6 Å². The second kappa shape index (κ2) is 3.62. The molecule has 0 amide bonds. The van der Waals surface area contributed by atoms with Crippen molar-refractivity contribution in [3.8, 4) is 0 Å². The van der Waals surface area contributed by atoms with Crippen LogP contribution in [0.15, 0.2) is 18.3 Å². The van der Waals surface area contributed by atoms with E-state index in [-0.39, 0.29) is 0 Å². The number of hydrogen-bond donors (Lipinski definition) is 0. The van der Waals surface area contributed by atoms with Crippen molar-refractivity contribution in [3.63, 3.8) is 0 Å². The second-order valence-electron chi connectivity index (χ2n) is 5.13. The molecule has 1 aliphatic carbocycles. The van der Waals surface area contributed by atoms with E-state index in [4.69, 9.17) is 11.6 Å². The molecule has 1 aromatic heterocycles. The quantitative estimate of drug-likeness (QED) is 0.654. The topological polar surface area (TPSA) is 4.93 Å². The molecule has 0 unspecified atom stereocenters. The summed E-state index contributed by atoms with van der Waals surface area (Å²) in [6.07, 6.45) is 7.26. The minimum Gasteiger partial charge on any atom is -0.336 e. The number of halogens is 1. The molecule has 1 aromatic rings. The SMILES string of the molecule is CC1(C)CCC(n2cccc2Cl)CC1. The van der Waals surface area contributed by atoms with E-state index in [1.54, 1.807) is 0 Å². The zero-order chi connectivity index (χ0) is 10.2. The predicted octanol–water partition coefficient (Wildman–Crippen LogP) is 4.28. The molecule has 1 saturated carbocycles. The molecule has 1 fully saturated rings. The van der Waals surface area contributed by atoms with Crippen LogP contribution in [0.4, 0.5) is 0 Å². The van der Waals surface area contributed by atoms with Gasteiger partial charge in [0.25, 0.3) is 0 Å². The fraction of sp³-hybridized carbons (Fsp3) is 0.667. The summed E-state index contributed by atoms with van der Waals surface area (Å²) < 4.78 is 2.22. The van der Waals surface area contributed by atoms with Gasteiger partial charge < -0.3 is 4.57 Å². The molecule has 0 spiro atoms. The molecule has 0 radical (unpaired) electrons. The van der Waals surface area contributed by atoms with Crippen molar-refractivity contribution in [3.05, 3.63) is 23.5 Å². The Morgan fingerprint density at radius 3 is 2.50 bits per heavy atom. The highest BCUT2D eigenvalue weighted by Gasteiger charge is 2.27. The molecule has 2 rings (SSSR count). The predicted molar refractivity (Wildman–Crippen MR) is 60.7 cm³/mol. The van der Waals surface area contributed by atoms with E-state index in [0.29, 0.717) is 11.5 Å². The van der Waals surface area contributed by atoms with Crippen LogP contribution in [0, 0.1) is 5.41 Å². The molecule has 0 saturated heterocycles. The summed E-state index contributed by atoms with van der Waals surface area (Å²) in [5, 5.41) is 0.884. The summed E-state index contributed by atoms with van der Waals surface area (Å²) in [5.74, 6) is 0. The van der Waals surface area contributed by atoms with Crippen molar-refractivity contribution in [2.24, 2.45) is 5.41 Å². The fourth-order valence-corrected chi connectivity index (χ4v) is 2.60. The molecule has 2 heteroatoms. The van der Waals surface area contributed by atoms with E-state index in [0.717, 1.165) is 5.15 Å². The van der Waals surface area contributed by atoms with Gasteiger partial charge >= 0.3 is 0 Å². The Hall–Kier alpha value is -0.430. The molecule has 0 aliphatic heterocycles. The first kappa shape index (κ1) is 10.1. The fourth-order valence-electron chi connectivity index (χ4n) is 2.33. The Balaban J connectivity index is 2.06. The lowest BCUT2D eigenvalue weighted by Crippen LogP contribution is -2.23. The summed E-state index contributed by atoms with van der Waals surface area (Å²) in [5.41, 5.74) is 0.538. The average Bonchev–Trinajstić information content (AvgIpc) is 2.52. The van der Waals surface area contributed by atoms with Crippen molar-refractivity contribution in [2.45, 2.75) is 45.6 Å². The Morgan fingerprint density at radius 2 is 2.00 bits per heavy atom. The first-order valence-corrected chi connectivity index (χ1v) is 5.79. The van der Waals surface area contributed by atoms with Crippen molar-refractivity contribution in [1.82, 2.24) is 4.57 Å². The summed E-state index contributed by atoms with van der Waals surface area (Å²) in [6.45, 7) is 4.72. The number of hydrogen-bond acceptors (Lipinski definition) is 0. The van der Waals surface area contributed by atoms with Gasteiger partial charge in [-0.2, -0.15) is 0 Å². The zero-order valence-electron chi connectivity index (χ0n) is 8.96. The van der Waals surface area contributed by atoms with Crippen LogP contribution in [0.2, 0.25) is 5.15 Å². The second-order valence-corrected chi connectivity index (χ2v) is 5.52. The molecule has 0 N–H and O–H groups in total. The van der Waals surface area contributed by atoms with Gasteiger partial charge in [0.05, 0.1) is 0 Å². The van der Waals surface area contributed by atoms with Gasteiger partial charge in [0.15, 0.2) is 0 Å². The van der Waals surface area contributed by atoms with Gasteiger partial charge in [-0.25, -0.2) is 0 Å². The van der Waals surface area contributed by atoms with Crippen molar-refractivity contribution in [1.29, 1.82) is 0 Å². The Bertz CT molecular complexity index is 304. The van der Waals surface area contributed by atoms with Crippen LogP contribution < -0.4 is 0 Å². The van der Waals surface area contributed by atoms with Crippen molar-refractivity contribution in [2.75, 3.05) is 0 Å². The lowest BCUT2D eigenvalue weighted by atomic mass is 9.75. The van der Waals surface area contributed by atoms with E-state index in [1.807, 2.05) is 12.1 Å². The highest BCUT2D eigenvalue weighted by molar-refractivity contribution is 6.29. The maximum atomic E-state index is 6.11. The number of nitrogens with zero attached hydrogens (tertiary/aromatic N) is 1. The van der Waals surface area contributed by atoms with Gasteiger partial charge in [0.1, 0.15) is 5.15 Å². The molecular weight excluding hydrogens is 194 g/mol. The van der Waals surface area contributed by atoms with E-state index in [9.17, 15) is 0 Å². The standard InChI is InChI=1S/C12H18ClN/c1-12(2)7-5-10(6-8-12)14-9-3-4-11(14)13/h3-4,9-10H,5-8H2,1-2H3. The third kappa shape index (κ3) is 1.98. The average molecular weight is 212 g/mol. The van der Waals surface area contributed by atoms with E-state index in [2.05, 4.69) is 24.6 Å². The lowest BCUT2D eigenvalue weighted by molar-refractivity contribution is 0.194. The first-order valence-electron chi connectivity index (χ1n) is 5.41. The molecular formula is C12H18ClN. The Kier molecular flexibility index (Phi) is 2.61. The van der Waals surface area contributed by atoms with E-state index in [1.165, 1.54) is 25.7 Å². The summed E-state index contributed by atoms with van der Waals surface area (Å²) in [4.78, 5) is 0. The van der Waals surface area contributed by atoms with Gasteiger partial charge in [-0.15, -0.1) is 0 Å². The maximum Gasteiger partial charge on any atom is 0.109 e. The van der Waals surface area contributed by atoms with Crippen LogP contribution in [0.5, 0.6) is 0 Å². The van der Waals surface area contributed by atoms with E-state index >= 15 is 0 Å². The van der Waals surface area contributed by atoms with Gasteiger partial charge in [-0.05, 0) is 43.2 Å². The minimum absolute atomic E-state index is 0.538. The summed E-state index contributed by atoms with van der Waals surface area (Å²) in [6, 6.07) is 4.63. The third-order valence-electron chi connectivity index (χ3n) is 3.43. The minimum atomic E-state index is 0.538. The first-order chi connectivity index (χ1) is 6.58. The normalized spacial score (nSPS) is 22.5. The smallest absolute Gasteiger partial charge is 0.109 e. The molecule has 78 valence electrons. The Labute approximate surface area is 91.1 Å². The van der Waals surface area contributed by atoms with Crippen LogP contribution in [0.25, 0.3) is 0 Å². The van der Waals surface area contributed by atoms with Crippen LogP contribution in [0.3, 0.4) is 0 Å². The lowest BCUT2D eigenvalue weighted by Gasteiger charge is -2.35. The van der Waals surface area contributed by atoms with Gasteiger partial charge in [0, 0.05) is 12.2 Å². The van der Waals surface area contributed by atoms with Gasteiger partial charge in [0.2, 0.25) is 0 Å². The highest BCUT2D eigenvalue weighted by Crippen LogP contribution is 2.40. The number of aromatic nitrogens is 1. The third-order valence-corrected chi connectivity index (χ3v) is 3.75. The molecule has 1 nitrogen and oxygen atoms in total.